The molecule has 2 rings (SSSR count). The molecule has 1 aromatic carbocycles. The van der Waals surface area contributed by atoms with E-state index in [0.717, 1.165) is 12.0 Å². The average Bonchev–Trinajstić information content (AvgIpc) is 2.78. The van der Waals surface area contributed by atoms with Gasteiger partial charge in [0.2, 0.25) is 5.67 Å². The quantitative estimate of drug-likeness (QED) is 0.930. The number of alkyl halides is 1. The molecule has 0 bridgehead atoms. The van der Waals surface area contributed by atoms with Crippen LogP contribution in [0.2, 0.25) is 0 Å². The molecule has 1 saturated heterocycles. The van der Waals surface area contributed by atoms with Gasteiger partial charge in [-0.3, -0.25) is 4.90 Å². The first-order chi connectivity index (χ1) is 9.68. The van der Waals surface area contributed by atoms with Crippen molar-refractivity contribution in [1.82, 2.24) is 4.90 Å². The average molecular weight is 293 g/mol. The van der Waals surface area contributed by atoms with Crippen LogP contribution in [0.25, 0.3) is 0 Å². The lowest BCUT2D eigenvalue weighted by atomic mass is 9.86. The number of carbonyl (C=O) groups is 1. The number of hydrogen-bond donors (Lipinski definition) is 1. The second-order valence-electron chi connectivity index (χ2n) is 6.87. The van der Waals surface area contributed by atoms with Gasteiger partial charge in [0.25, 0.3) is 0 Å². The van der Waals surface area contributed by atoms with Crippen molar-refractivity contribution in [3.8, 4) is 0 Å². The van der Waals surface area contributed by atoms with Crippen LogP contribution in [0.15, 0.2) is 24.3 Å². The van der Waals surface area contributed by atoms with Crippen molar-refractivity contribution in [1.29, 1.82) is 0 Å². The van der Waals surface area contributed by atoms with Gasteiger partial charge in [-0.15, -0.1) is 0 Å². The summed E-state index contributed by atoms with van der Waals surface area (Å²) in [7, 11) is 0. The number of halogens is 1. The number of benzene rings is 1. The number of rotatable bonds is 3. The summed E-state index contributed by atoms with van der Waals surface area (Å²) < 4.78 is 15.1. The van der Waals surface area contributed by atoms with Gasteiger partial charge in [-0.1, -0.05) is 31.2 Å². The maximum absolute atomic E-state index is 15.1. The Labute approximate surface area is 125 Å². The fourth-order valence-corrected chi connectivity index (χ4v) is 2.90. The SMILES string of the molecule is CCc1ccc([C@@H]2CN(C(C)(C)C)C[C@@]2(F)C(=O)O)cc1. The topological polar surface area (TPSA) is 40.5 Å². The Hall–Kier alpha value is -1.42. The fraction of sp³-hybridized carbons (Fsp3) is 0.588. The Bertz CT molecular complexity index is 521. The molecule has 3 nitrogen and oxygen atoms in total. The second-order valence-corrected chi connectivity index (χ2v) is 6.87. The smallest absolute Gasteiger partial charge is 0.343 e. The molecule has 1 aliphatic heterocycles. The molecule has 1 fully saturated rings. The third-order valence-electron chi connectivity index (χ3n) is 4.47. The van der Waals surface area contributed by atoms with Crippen LogP contribution in [0.5, 0.6) is 0 Å². The summed E-state index contributed by atoms with van der Waals surface area (Å²) in [5.74, 6) is -1.99. The highest BCUT2D eigenvalue weighted by Gasteiger charge is 2.55. The molecule has 1 aliphatic rings. The number of aliphatic carboxylic acids is 1. The molecule has 1 N–H and O–H groups in total. The van der Waals surface area contributed by atoms with Crippen LogP contribution >= 0.6 is 0 Å². The van der Waals surface area contributed by atoms with E-state index in [9.17, 15) is 9.90 Å². The zero-order valence-corrected chi connectivity index (χ0v) is 13.2. The largest absolute Gasteiger partial charge is 0.479 e. The minimum atomic E-state index is -2.22. The number of carboxylic acid groups (broad SMARTS) is 1. The second kappa shape index (κ2) is 5.41. The normalized spacial score (nSPS) is 27.0. The van der Waals surface area contributed by atoms with Gasteiger partial charge < -0.3 is 5.11 Å². The first kappa shape index (κ1) is 16.0. The lowest BCUT2D eigenvalue weighted by molar-refractivity contribution is -0.151. The number of carboxylic acids is 1. The van der Waals surface area contributed by atoms with E-state index in [-0.39, 0.29) is 12.1 Å². The number of likely N-dealkylation sites (tertiary alicyclic amines) is 1. The van der Waals surface area contributed by atoms with Gasteiger partial charge >= 0.3 is 5.97 Å². The molecule has 2 atom stereocenters. The third-order valence-corrected chi connectivity index (χ3v) is 4.47. The Morgan fingerprint density at radius 3 is 2.38 bits per heavy atom. The summed E-state index contributed by atoms with van der Waals surface area (Å²) in [5.41, 5.74) is -0.528. The minimum Gasteiger partial charge on any atom is -0.479 e. The Kier molecular flexibility index (Phi) is 4.11. The van der Waals surface area contributed by atoms with E-state index in [1.165, 1.54) is 5.56 Å². The molecule has 0 aliphatic carbocycles. The van der Waals surface area contributed by atoms with E-state index >= 15 is 4.39 Å². The van der Waals surface area contributed by atoms with Crippen LogP contribution in [-0.4, -0.2) is 40.3 Å². The van der Waals surface area contributed by atoms with Gasteiger partial charge in [0.05, 0.1) is 0 Å². The van der Waals surface area contributed by atoms with Crippen LogP contribution in [-0.2, 0) is 11.2 Å². The summed E-state index contributed by atoms with van der Waals surface area (Å²) in [6.07, 6.45) is 0.915. The van der Waals surface area contributed by atoms with Crippen molar-refractivity contribution in [3.63, 3.8) is 0 Å². The van der Waals surface area contributed by atoms with Crippen molar-refractivity contribution in [2.24, 2.45) is 0 Å². The van der Waals surface area contributed by atoms with E-state index in [4.69, 9.17) is 0 Å². The van der Waals surface area contributed by atoms with Crippen LogP contribution in [0.4, 0.5) is 4.39 Å². The number of nitrogens with zero attached hydrogens (tertiary/aromatic N) is 1. The monoisotopic (exact) mass is 293 g/mol. The molecule has 4 heteroatoms. The van der Waals surface area contributed by atoms with Crippen molar-refractivity contribution < 1.29 is 14.3 Å². The van der Waals surface area contributed by atoms with Crippen molar-refractivity contribution in [3.05, 3.63) is 35.4 Å². The maximum atomic E-state index is 15.1. The molecule has 1 aromatic rings. The van der Waals surface area contributed by atoms with Gasteiger partial charge in [-0.2, -0.15) is 0 Å². The Morgan fingerprint density at radius 1 is 1.38 bits per heavy atom. The highest BCUT2D eigenvalue weighted by atomic mass is 19.1. The van der Waals surface area contributed by atoms with E-state index in [1.54, 1.807) is 0 Å². The molecule has 0 saturated carbocycles. The summed E-state index contributed by atoms with van der Waals surface area (Å²) in [5, 5.41) is 9.39. The minimum absolute atomic E-state index is 0.0635. The van der Waals surface area contributed by atoms with Gasteiger partial charge in [0, 0.05) is 24.5 Å². The molecule has 0 amide bonds. The standard InChI is InChI=1S/C17H24FNO2/c1-5-12-6-8-13(9-7-12)14-10-19(16(2,3)4)11-17(14,18)15(20)21/h6-9,14H,5,10-11H2,1-4H3,(H,20,21)/t14-,17-/m0/s1. The summed E-state index contributed by atoms with van der Waals surface area (Å²) in [6, 6.07) is 7.65. The van der Waals surface area contributed by atoms with Gasteiger partial charge in [0.15, 0.2) is 0 Å². The first-order valence-corrected chi connectivity index (χ1v) is 7.44. The van der Waals surface area contributed by atoms with E-state index in [1.807, 2.05) is 49.9 Å². The summed E-state index contributed by atoms with van der Waals surface area (Å²) in [6.45, 7) is 8.37. The molecule has 0 unspecified atom stereocenters. The van der Waals surface area contributed by atoms with Crippen LogP contribution in [0, 0.1) is 0 Å². The summed E-state index contributed by atoms with van der Waals surface area (Å²) in [4.78, 5) is 13.4. The first-order valence-electron chi connectivity index (χ1n) is 7.44. The van der Waals surface area contributed by atoms with E-state index < -0.39 is 17.6 Å². The molecule has 1 heterocycles. The van der Waals surface area contributed by atoms with Gasteiger partial charge in [-0.05, 0) is 38.3 Å². The van der Waals surface area contributed by atoms with Crippen LogP contribution < -0.4 is 0 Å². The zero-order valence-electron chi connectivity index (χ0n) is 13.2. The molecule has 21 heavy (non-hydrogen) atoms. The van der Waals surface area contributed by atoms with Crippen LogP contribution in [0.3, 0.4) is 0 Å². The lowest BCUT2D eigenvalue weighted by Gasteiger charge is -2.31. The predicted octanol–water partition coefficient (Wildman–Crippen LogP) is 3.24. The molecule has 116 valence electrons. The van der Waals surface area contributed by atoms with Gasteiger partial charge in [-0.25, -0.2) is 9.18 Å². The van der Waals surface area contributed by atoms with E-state index in [2.05, 4.69) is 6.92 Å². The summed E-state index contributed by atoms with van der Waals surface area (Å²) >= 11 is 0. The molecular formula is C17H24FNO2. The lowest BCUT2D eigenvalue weighted by Crippen LogP contribution is -2.44. The highest BCUT2D eigenvalue weighted by molar-refractivity contribution is 5.80. The third kappa shape index (κ3) is 2.95. The maximum Gasteiger partial charge on any atom is 0.343 e. The number of hydrogen-bond acceptors (Lipinski definition) is 2. The molecule has 0 aromatic heterocycles. The highest BCUT2D eigenvalue weighted by Crippen LogP contribution is 2.42. The molecule has 0 radical (unpaired) electrons. The predicted molar refractivity (Wildman–Crippen MR) is 81.4 cm³/mol. The number of aryl methyl sites for hydroxylation is 1. The fourth-order valence-electron chi connectivity index (χ4n) is 2.90. The Morgan fingerprint density at radius 2 is 1.95 bits per heavy atom. The van der Waals surface area contributed by atoms with Crippen LogP contribution in [0.1, 0.15) is 44.7 Å². The van der Waals surface area contributed by atoms with Gasteiger partial charge in [0.1, 0.15) is 0 Å². The van der Waals surface area contributed by atoms with Crippen molar-refractivity contribution in [2.75, 3.05) is 13.1 Å². The zero-order chi connectivity index (χ0) is 15.8. The van der Waals surface area contributed by atoms with E-state index in [0.29, 0.717) is 6.54 Å². The van der Waals surface area contributed by atoms with Crippen molar-refractivity contribution in [2.45, 2.75) is 51.2 Å². The molecular weight excluding hydrogens is 269 g/mol. The Balaban J connectivity index is 2.36. The van der Waals surface area contributed by atoms with Crippen molar-refractivity contribution >= 4 is 5.97 Å². The molecule has 0 spiro atoms.